The van der Waals surface area contributed by atoms with E-state index in [1.807, 2.05) is 24.4 Å². The summed E-state index contributed by atoms with van der Waals surface area (Å²) in [4.78, 5) is 11.7. The fourth-order valence-electron chi connectivity index (χ4n) is 1.87. The molecule has 2 rings (SSSR count). The van der Waals surface area contributed by atoms with Gasteiger partial charge in [-0.1, -0.05) is 13.0 Å². The Bertz CT molecular complexity index is 591. The second kappa shape index (κ2) is 6.00. The molecule has 1 aromatic heterocycles. The summed E-state index contributed by atoms with van der Waals surface area (Å²) < 4.78 is 27.7. The maximum atomic E-state index is 13.8. The van der Waals surface area contributed by atoms with Gasteiger partial charge in [0.05, 0.1) is 11.6 Å². The van der Waals surface area contributed by atoms with Crippen molar-refractivity contribution in [3.05, 3.63) is 51.7 Å². The number of hydrogen-bond acceptors (Lipinski definition) is 3. The van der Waals surface area contributed by atoms with Crippen molar-refractivity contribution >= 4 is 23.0 Å². The van der Waals surface area contributed by atoms with Crippen molar-refractivity contribution in [2.75, 3.05) is 5.32 Å². The number of nitrogens with one attached hydrogen (secondary N) is 1. The van der Waals surface area contributed by atoms with Crippen LogP contribution in [0.5, 0.6) is 0 Å². The van der Waals surface area contributed by atoms with Gasteiger partial charge in [-0.2, -0.15) is 0 Å². The normalized spacial score (nSPS) is 12.2. The molecule has 2 aromatic rings. The summed E-state index contributed by atoms with van der Waals surface area (Å²) in [5.41, 5.74) is -0.704. The van der Waals surface area contributed by atoms with Crippen LogP contribution >= 0.6 is 11.3 Å². The topological polar surface area (TPSA) is 49.3 Å². The highest BCUT2D eigenvalue weighted by Crippen LogP contribution is 2.29. The van der Waals surface area contributed by atoms with Crippen LogP contribution in [0.4, 0.5) is 14.5 Å². The van der Waals surface area contributed by atoms with Crippen LogP contribution in [0.3, 0.4) is 0 Å². The number of carbonyl (C=O) groups is 1. The van der Waals surface area contributed by atoms with Crippen molar-refractivity contribution < 1.29 is 18.7 Å². The van der Waals surface area contributed by atoms with E-state index >= 15 is 0 Å². The lowest BCUT2D eigenvalue weighted by atomic mass is 10.1. The minimum atomic E-state index is -1.36. The number of carboxylic acid groups (broad SMARTS) is 1. The molecule has 1 unspecified atom stereocenters. The fourth-order valence-corrected chi connectivity index (χ4v) is 2.73. The van der Waals surface area contributed by atoms with Gasteiger partial charge >= 0.3 is 5.97 Å². The average molecular weight is 297 g/mol. The first-order chi connectivity index (χ1) is 9.52. The van der Waals surface area contributed by atoms with Gasteiger partial charge in [0.2, 0.25) is 0 Å². The molecule has 0 radical (unpaired) electrons. The summed E-state index contributed by atoms with van der Waals surface area (Å²) in [7, 11) is 0. The van der Waals surface area contributed by atoms with Gasteiger partial charge in [0.25, 0.3) is 0 Å². The van der Waals surface area contributed by atoms with Gasteiger partial charge in [0, 0.05) is 4.88 Å². The molecule has 0 aliphatic rings. The first kappa shape index (κ1) is 14.5. The lowest BCUT2D eigenvalue weighted by Crippen LogP contribution is -2.12. The maximum absolute atomic E-state index is 13.8. The Kier molecular flexibility index (Phi) is 4.34. The minimum absolute atomic E-state index is 0.213. The summed E-state index contributed by atoms with van der Waals surface area (Å²) in [6, 6.07) is 5.16. The molecule has 0 saturated carbocycles. The number of benzene rings is 1. The lowest BCUT2D eigenvalue weighted by molar-refractivity contribution is 0.0696. The third kappa shape index (κ3) is 2.96. The largest absolute Gasteiger partial charge is 0.478 e. The number of hydrogen-bond donors (Lipinski definition) is 2. The van der Waals surface area contributed by atoms with Crippen molar-refractivity contribution in [2.24, 2.45) is 0 Å². The molecule has 0 amide bonds. The molecule has 0 bridgehead atoms. The number of rotatable bonds is 5. The van der Waals surface area contributed by atoms with Gasteiger partial charge in [0.15, 0.2) is 0 Å². The molecule has 1 atom stereocenters. The standard InChI is InChI=1S/C14H13F2NO2S/c1-2-11(12-4-3-5-20-12)17-13-9(15)6-8(14(18)19)7-10(13)16/h3-7,11,17H,2H2,1H3,(H,18,19). The van der Waals surface area contributed by atoms with Crippen molar-refractivity contribution in [3.8, 4) is 0 Å². The SMILES string of the molecule is CCC(Nc1c(F)cc(C(=O)O)cc1F)c1cccs1. The van der Waals surface area contributed by atoms with E-state index < -0.39 is 23.2 Å². The Hall–Kier alpha value is -1.95. The second-order valence-corrected chi connectivity index (χ2v) is 5.22. The molecule has 6 heteroatoms. The number of carboxylic acids is 1. The third-order valence-corrected chi connectivity index (χ3v) is 3.89. The molecule has 2 N–H and O–H groups in total. The molecule has 0 fully saturated rings. The van der Waals surface area contributed by atoms with Crippen LogP contribution in [-0.4, -0.2) is 11.1 Å². The van der Waals surface area contributed by atoms with Crippen LogP contribution in [0, 0.1) is 11.6 Å². The first-order valence-corrected chi connectivity index (χ1v) is 6.93. The summed E-state index contributed by atoms with van der Waals surface area (Å²) in [6.45, 7) is 1.90. The van der Waals surface area contributed by atoms with Gasteiger partial charge < -0.3 is 10.4 Å². The molecular formula is C14H13F2NO2S. The van der Waals surface area contributed by atoms with Crippen LogP contribution in [0.1, 0.15) is 34.6 Å². The molecular weight excluding hydrogens is 284 g/mol. The van der Waals surface area contributed by atoms with Crippen LogP contribution < -0.4 is 5.32 Å². The van der Waals surface area contributed by atoms with E-state index in [0.717, 1.165) is 17.0 Å². The molecule has 0 spiro atoms. The predicted molar refractivity (Wildman–Crippen MR) is 74.3 cm³/mol. The molecule has 1 aromatic carbocycles. The Labute approximate surface area is 118 Å². The van der Waals surface area contributed by atoms with E-state index in [1.165, 1.54) is 11.3 Å². The minimum Gasteiger partial charge on any atom is -0.478 e. The van der Waals surface area contributed by atoms with Gasteiger partial charge in [-0.05, 0) is 30.0 Å². The van der Waals surface area contributed by atoms with Gasteiger partial charge in [-0.15, -0.1) is 11.3 Å². The van der Waals surface area contributed by atoms with Crippen molar-refractivity contribution in [1.82, 2.24) is 0 Å². The molecule has 0 saturated heterocycles. The van der Waals surface area contributed by atoms with E-state index in [4.69, 9.17) is 5.11 Å². The zero-order chi connectivity index (χ0) is 14.7. The Morgan fingerprint density at radius 3 is 2.50 bits per heavy atom. The third-order valence-electron chi connectivity index (χ3n) is 2.90. The van der Waals surface area contributed by atoms with Crippen LogP contribution in [0.15, 0.2) is 29.6 Å². The lowest BCUT2D eigenvalue weighted by Gasteiger charge is -2.18. The summed E-state index contributed by atoms with van der Waals surface area (Å²) in [6.07, 6.45) is 0.653. The van der Waals surface area contributed by atoms with E-state index in [9.17, 15) is 13.6 Å². The maximum Gasteiger partial charge on any atom is 0.335 e. The number of aromatic carboxylic acids is 1. The molecule has 106 valence electrons. The van der Waals surface area contributed by atoms with Gasteiger partial charge in [-0.25, -0.2) is 13.6 Å². The summed E-state index contributed by atoms with van der Waals surface area (Å²) in [5, 5.41) is 13.4. The molecule has 3 nitrogen and oxygen atoms in total. The molecule has 0 aliphatic carbocycles. The van der Waals surface area contributed by atoms with E-state index in [0.29, 0.717) is 6.42 Å². The van der Waals surface area contributed by atoms with Crippen molar-refractivity contribution in [3.63, 3.8) is 0 Å². The van der Waals surface area contributed by atoms with Crippen molar-refractivity contribution in [1.29, 1.82) is 0 Å². The van der Waals surface area contributed by atoms with Gasteiger partial charge in [0.1, 0.15) is 17.3 Å². The van der Waals surface area contributed by atoms with Gasteiger partial charge in [-0.3, -0.25) is 0 Å². The predicted octanol–water partition coefficient (Wildman–Crippen LogP) is 4.29. The monoisotopic (exact) mass is 297 g/mol. The number of thiophene rings is 1. The van der Waals surface area contributed by atoms with E-state index in [-0.39, 0.29) is 11.7 Å². The fraction of sp³-hybridized carbons (Fsp3) is 0.214. The quantitative estimate of drug-likeness (QED) is 0.865. The summed E-state index contributed by atoms with van der Waals surface area (Å²) >= 11 is 1.49. The highest BCUT2D eigenvalue weighted by molar-refractivity contribution is 7.10. The highest BCUT2D eigenvalue weighted by Gasteiger charge is 2.18. The highest BCUT2D eigenvalue weighted by atomic mass is 32.1. The zero-order valence-electron chi connectivity index (χ0n) is 10.7. The van der Waals surface area contributed by atoms with Crippen LogP contribution in [-0.2, 0) is 0 Å². The zero-order valence-corrected chi connectivity index (χ0v) is 11.5. The Morgan fingerprint density at radius 2 is 2.05 bits per heavy atom. The Balaban J connectivity index is 2.31. The molecule has 20 heavy (non-hydrogen) atoms. The molecule has 0 aliphatic heterocycles. The molecule has 1 heterocycles. The number of halogens is 2. The van der Waals surface area contributed by atoms with Crippen molar-refractivity contribution in [2.45, 2.75) is 19.4 Å². The average Bonchev–Trinajstić information content (AvgIpc) is 2.91. The second-order valence-electron chi connectivity index (χ2n) is 4.24. The van der Waals surface area contributed by atoms with E-state index in [2.05, 4.69) is 5.32 Å². The first-order valence-electron chi connectivity index (χ1n) is 6.05. The van der Waals surface area contributed by atoms with Crippen LogP contribution in [0.2, 0.25) is 0 Å². The summed E-state index contributed by atoms with van der Waals surface area (Å²) in [5.74, 6) is -3.17. The van der Waals surface area contributed by atoms with E-state index in [1.54, 1.807) is 0 Å². The smallest absolute Gasteiger partial charge is 0.335 e. The Morgan fingerprint density at radius 1 is 1.40 bits per heavy atom. The number of anilines is 1. The van der Waals surface area contributed by atoms with Crippen LogP contribution in [0.25, 0.3) is 0 Å².